The van der Waals surface area contributed by atoms with Gasteiger partial charge in [0, 0.05) is 23.2 Å². The van der Waals surface area contributed by atoms with Crippen molar-refractivity contribution in [2.45, 2.75) is 13.5 Å². The summed E-state index contributed by atoms with van der Waals surface area (Å²) in [6.07, 6.45) is 2.03. The molecule has 1 aromatic heterocycles. The number of H-pyrrole nitrogens is 1. The van der Waals surface area contributed by atoms with Crippen LogP contribution in [0.25, 0.3) is 10.9 Å². The molecule has 0 radical (unpaired) electrons. The van der Waals surface area contributed by atoms with Crippen LogP contribution >= 0.6 is 11.6 Å². The van der Waals surface area contributed by atoms with Gasteiger partial charge in [-0.05, 0) is 31.2 Å². The van der Waals surface area contributed by atoms with Crippen molar-refractivity contribution in [2.75, 3.05) is 7.05 Å². The van der Waals surface area contributed by atoms with E-state index in [9.17, 15) is 0 Å². The van der Waals surface area contributed by atoms with E-state index in [-0.39, 0.29) is 0 Å². The number of aromatic amines is 1. The average molecular weight is 209 g/mol. The third kappa shape index (κ3) is 1.41. The van der Waals surface area contributed by atoms with Gasteiger partial charge in [0.15, 0.2) is 0 Å². The Hall–Kier alpha value is -0.990. The van der Waals surface area contributed by atoms with Crippen LogP contribution in [0.5, 0.6) is 0 Å². The molecule has 0 aliphatic carbocycles. The molecule has 2 nitrogen and oxygen atoms in total. The van der Waals surface area contributed by atoms with Gasteiger partial charge in [0.25, 0.3) is 0 Å². The molecule has 0 amide bonds. The molecule has 2 rings (SSSR count). The van der Waals surface area contributed by atoms with Crippen LogP contribution in [0.1, 0.15) is 11.1 Å². The van der Waals surface area contributed by atoms with Crippen molar-refractivity contribution in [3.05, 3.63) is 34.5 Å². The van der Waals surface area contributed by atoms with Gasteiger partial charge in [0.2, 0.25) is 0 Å². The summed E-state index contributed by atoms with van der Waals surface area (Å²) in [6.45, 7) is 2.91. The summed E-state index contributed by atoms with van der Waals surface area (Å²) >= 11 is 6.04. The van der Waals surface area contributed by atoms with Crippen LogP contribution in [0.2, 0.25) is 5.02 Å². The highest BCUT2D eigenvalue weighted by Crippen LogP contribution is 2.26. The molecule has 0 unspecified atom stereocenters. The molecule has 2 aromatic rings. The smallest absolute Gasteiger partial charge is 0.0501 e. The highest BCUT2D eigenvalue weighted by atomic mass is 35.5. The molecule has 74 valence electrons. The lowest BCUT2D eigenvalue weighted by atomic mass is 10.1. The Kier molecular flexibility index (Phi) is 2.48. The lowest BCUT2D eigenvalue weighted by Crippen LogP contribution is -2.03. The van der Waals surface area contributed by atoms with E-state index in [1.54, 1.807) is 0 Å². The third-order valence-electron chi connectivity index (χ3n) is 2.50. The van der Waals surface area contributed by atoms with Crippen molar-refractivity contribution >= 4 is 22.5 Å². The van der Waals surface area contributed by atoms with Crippen molar-refractivity contribution in [3.8, 4) is 0 Å². The zero-order valence-electron chi connectivity index (χ0n) is 8.32. The van der Waals surface area contributed by atoms with Gasteiger partial charge in [-0.15, -0.1) is 0 Å². The average Bonchev–Trinajstić information content (AvgIpc) is 2.57. The van der Waals surface area contributed by atoms with Crippen molar-refractivity contribution in [2.24, 2.45) is 0 Å². The second kappa shape index (κ2) is 3.64. The van der Waals surface area contributed by atoms with Crippen LogP contribution in [-0.4, -0.2) is 12.0 Å². The van der Waals surface area contributed by atoms with Crippen molar-refractivity contribution in [3.63, 3.8) is 0 Å². The minimum atomic E-state index is 0.815. The van der Waals surface area contributed by atoms with Crippen LogP contribution < -0.4 is 5.32 Å². The molecule has 1 heterocycles. The van der Waals surface area contributed by atoms with E-state index >= 15 is 0 Å². The number of hydrogen-bond acceptors (Lipinski definition) is 1. The maximum atomic E-state index is 6.04. The summed E-state index contributed by atoms with van der Waals surface area (Å²) in [7, 11) is 1.95. The van der Waals surface area contributed by atoms with E-state index in [4.69, 9.17) is 11.6 Å². The first kappa shape index (κ1) is 9.56. The van der Waals surface area contributed by atoms with E-state index < -0.39 is 0 Å². The Labute approximate surface area is 88.3 Å². The molecule has 0 atom stereocenters. The van der Waals surface area contributed by atoms with E-state index in [1.807, 2.05) is 26.2 Å². The van der Waals surface area contributed by atoms with E-state index in [0.717, 1.165) is 22.6 Å². The van der Waals surface area contributed by atoms with Gasteiger partial charge in [-0.3, -0.25) is 0 Å². The standard InChI is InChI=1S/C11H13ClN2/c1-7-10(12)4-3-9-8(5-13-2)6-14-11(7)9/h3-4,6,13-14H,5H2,1-2H3. The fourth-order valence-corrected chi connectivity index (χ4v) is 1.87. The highest BCUT2D eigenvalue weighted by Gasteiger charge is 2.06. The van der Waals surface area contributed by atoms with Crippen LogP contribution in [0.3, 0.4) is 0 Å². The largest absolute Gasteiger partial charge is 0.361 e. The zero-order valence-corrected chi connectivity index (χ0v) is 9.07. The topological polar surface area (TPSA) is 27.8 Å². The molecule has 2 N–H and O–H groups in total. The van der Waals surface area contributed by atoms with Gasteiger partial charge in [-0.2, -0.15) is 0 Å². The number of nitrogens with one attached hydrogen (secondary N) is 2. The van der Waals surface area contributed by atoms with Gasteiger partial charge in [0.05, 0.1) is 5.52 Å². The quantitative estimate of drug-likeness (QED) is 0.781. The molecule has 14 heavy (non-hydrogen) atoms. The number of halogens is 1. The number of hydrogen-bond donors (Lipinski definition) is 2. The Morgan fingerprint density at radius 3 is 2.93 bits per heavy atom. The van der Waals surface area contributed by atoms with Gasteiger partial charge in [-0.25, -0.2) is 0 Å². The molecule has 0 fully saturated rings. The summed E-state index contributed by atoms with van der Waals surface area (Å²) in [5.41, 5.74) is 3.54. The lowest BCUT2D eigenvalue weighted by molar-refractivity contribution is 0.823. The Morgan fingerprint density at radius 2 is 2.21 bits per heavy atom. The number of fused-ring (bicyclic) bond motifs is 1. The summed E-state index contributed by atoms with van der Waals surface area (Å²) in [6, 6.07) is 4.01. The predicted octanol–water partition coefficient (Wildman–Crippen LogP) is 2.85. The van der Waals surface area contributed by atoms with Crippen LogP contribution in [0.4, 0.5) is 0 Å². The molecule has 0 aliphatic heterocycles. The molecule has 0 saturated carbocycles. The van der Waals surface area contributed by atoms with Crippen LogP contribution in [0.15, 0.2) is 18.3 Å². The summed E-state index contributed by atoms with van der Waals surface area (Å²) in [5, 5.41) is 5.21. The van der Waals surface area contributed by atoms with Crippen molar-refractivity contribution < 1.29 is 0 Å². The Balaban J connectivity index is 2.64. The minimum absolute atomic E-state index is 0.815. The summed E-state index contributed by atoms with van der Waals surface area (Å²) in [4.78, 5) is 3.26. The fourth-order valence-electron chi connectivity index (χ4n) is 1.71. The summed E-state index contributed by atoms with van der Waals surface area (Å²) < 4.78 is 0. The fraction of sp³-hybridized carbons (Fsp3) is 0.273. The van der Waals surface area contributed by atoms with Gasteiger partial charge >= 0.3 is 0 Å². The van der Waals surface area contributed by atoms with E-state index in [1.165, 1.54) is 10.9 Å². The normalized spacial score (nSPS) is 11.1. The maximum absolute atomic E-state index is 6.04. The summed E-state index contributed by atoms with van der Waals surface area (Å²) in [5.74, 6) is 0. The molecule has 3 heteroatoms. The Morgan fingerprint density at radius 1 is 1.43 bits per heavy atom. The first-order valence-corrected chi connectivity index (χ1v) is 5.01. The van der Waals surface area contributed by atoms with E-state index in [2.05, 4.69) is 16.4 Å². The predicted molar refractivity (Wildman–Crippen MR) is 60.8 cm³/mol. The number of aryl methyl sites for hydroxylation is 1. The van der Waals surface area contributed by atoms with Crippen molar-refractivity contribution in [1.82, 2.24) is 10.3 Å². The second-order valence-corrected chi connectivity index (χ2v) is 3.85. The first-order valence-electron chi connectivity index (χ1n) is 4.63. The molecular weight excluding hydrogens is 196 g/mol. The second-order valence-electron chi connectivity index (χ2n) is 3.44. The molecule has 0 spiro atoms. The maximum Gasteiger partial charge on any atom is 0.0501 e. The number of benzene rings is 1. The lowest BCUT2D eigenvalue weighted by Gasteiger charge is -2.01. The monoisotopic (exact) mass is 208 g/mol. The first-order chi connectivity index (χ1) is 6.74. The molecule has 0 aliphatic rings. The minimum Gasteiger partial charge on any atom is -0.361 e. The highest BCUT2D eigenvalue weighted by molar-refractivity contribution is 6.32. The van der Waals surface area contributed by atoms with Crippen LogP contribution in [0, 0.1) is 6.92 Å². The molecular formula is C11H13ClN2. The molecule has 0 saturated heterocycles. The van der Waals surface area contributed by atoms with E-state index in [0.29, 0.717) is 0 Å². The van der Waals surface area contributed by atoms with Gasteiger partial charge in [-0.1, -0.05) is 17.7 Å². The van der Waals surface area contributed by atoms with Crippen molar-refractivity contribution in [1.29, 1.82) is 0 Å². The SMILES string of the molecule is CNCc1c[nH]c2c(C)c(Cl)ccc12. The number of rotatable bonds is 2. The molecule has 0 bridgehead atoms. The van der Waals surface area contributed by atoms with Gasteiger partial charge < -0.3 is 10.3 Å². The number of aromatic nitrogens is 1. The molecule has 1 aromatic carbocycles. The van der Waals surface area contributed by atoms with Gasteiger partial charge in [0.1, 0.15) is 0 Å². The zero-order chi connectivity index (χ0) is 10.1. The Bertz CT molecular complexity index is 460. The van der Waals surface area contributed by atoms with Crippen LogP contribution in [-0.2, 0) is 6.54 Å². The third-order valence-corrected chi connectivity index (χ3v) is 2.91.